The predicted molar refractivity (Wildman–Crippen MR) is 64.6 cm³/mol. The van der Waals surface area contributed by atoms with E-state index in [1.807, 2.05) is 0 Å². The summed E-state index contributed by atoms with van der Waals surface area (Å²) in [6.45, 7) is 0. The lowest BCUT2D eigenvalue weighted by Crippen LogP contribution is -2.37. The Morgan fingerprint density at radius 1 is 1.35 bits per heavy atom. The van der Waals surface area contributed by atoms with Crippen molar-refractivity contribution in [1.29, 1.82) is 0 Å². The highest BCUT2D eigenvalue weighted by atomic mass is 16.2. The molecule has 2 rings (SSSR count). The Kier molecular flexibility index (Phi) is 2.85. The lowest BCUT2D eigenvalue weighted by atomic mass is 10.1. The maximum Gasteiger partial charge on any atom is 0.251 e. The fourth-order valence-electron chi connectivity index (χ4n) is 1.50. The fourth-order valence-corrected chi connectivity index (χ4v) is 1.50. The molecule has 1 aliphatic carbocycles. The van der Waals surface area contributed by atoms with Crippen LogP contribution in [0, 0.1) is 0 Å². The van der Waals surface area contributed by atoms with Crippen molar-refractivity contribution in [3.05, 3.63) is 29.8 Å². The van der Waals surface area contributed by atoms with Crippen LogP contribution in [0.15, 0.2) is 24.3 Å². The number of nitrogens with one attached hydrogen (secondary N) is 2. The number of carbonyl (C=O) groups is 2. The third-order valence-corrected chi connectivity index (χ3v) is 2.85. The Morgan fingerprint density at radius 2 is 2.06 bits per heavy atom. The molecule has 0 spiro atoms. The van der Waals surface area contributed by atoms with E-state index in [0.29, 0.717) is 24.1 Å². The van der Waals surface area contributed by atoms with Gasteiger partial charge in [-0.15, -0.1) is 0 Å². The van der Waals surface area contributed by atoms with E-state index in [4.69, 9.17) is 5.73 Å². The standard InChI is InChI=1S/C12H15N3O2/c1-14-10(16)8-3-2-4-9(7-8)15-11(17)12(13)5-6-12/h2-4,7H,5-6,13H2,1H3,(H,14,16)(H,15,17). The summed E-state index contributed by atoms with van der Waals surface area (Å²) in [5, 5.41) is 5.25. The maximum absolute atomic E-state index is 11.7. The summed E-state index contributed by atoms with van der Waals surface area (Å²) in [7, 11) is 1.56. The van der Waals surface area contributed by atoms with Crippen molar-refractivity contribution in [3.8, 4) is 0 Å². The minimum atomic E-state index is -0.705. The Hall–Kier alpha value is -1.88. The van der Waals surface area contributed by atoms with Crippen molar-refractivity contribution in [2.45, 2.75) is 18.4 Å². The minimum Gasteiger partial charge on any atom is -0.355 e. The number of amides is 2. The van der Waals surface area contributed by atoms with Crippen LogP contribution in [0.3, 0.4) is 0 Å². The van der Waals surface area contributed by atoms with E-state index in [0.717, 1.165) is 0 Å². The predicted octanol–water partition coefficient (Wildman–Crippen LogP) is 0.476. The van der Waals surface area contributed by atoms with Gasteiger partial charge in [-0.2, -0.15) is 0 Å². The van der Waals surface area contributed by atoms with Crippen molar-refractivity contribution in [3.63, 3.8) is 0 Å². The van der Waals surface area contributed by atoms with E-state index in [2.05, 4.69) is 10.6 Å². The maximum atomic E-state index is 11.7. The van der Waals surface area contributed by atoms with Crippen LogP contribution in [0.2, 0.25) is 0 Å². The van der Waals surface area contributed by atoms with Gasteiger partial charge in [0.1, 0.15) is 0 Å². The van der Waals surface area contributed by atoms with E-state index >= 15 is 0 Å². The molecule has 5 heteroatoms. The van der Waals surface area contributed by atoms with Gasteiger partial charge in [0, 0.05) is 18.3 Å². The van der Waals surface area contributed by atoms with E-state index in [1.54, 1.807) is 31.3 Å². The van der Waals surface area contributed by atoms with Crippen molar-refractivity contribution in [2.24, 2.45) is 5.73 Å². The first-order valence-corrected chi connectivity index (χ1v) is 5.48. The highest BCUT2D eigenvalue weighted by Crippen LogP contribution is 2.33. The Morgan fingerprint density at radius 3 is 2.65 bits per heavy atom. The second-order valence-corrected chi connectivity index (χ2v) is 4.27. The molecule has 1 saturated carbocycles. The van der Waals surface area contributed by atoms with Gasteiger partial charge in [0.2, 0.25) is 5.91 Å². The fraction of sp³-hybridized carbons (Fsp3) is 0.333. The number of benzene rings is 1. The molecule has 2 amide bonds. The molecule has 0 atom stereocenters. The summed E-state index contributed by atoms with van der Waals surface area (Å²) >= 11 is 0. The van der Waals surface area contributed by atoms with Gasteiger partial charge in [0.15, 0.2) is 0 Å². The molecule has 17 heavy (non-hydrogen) atoms. The van der Waals surface area contributed by atoms with Crippen LogP contribution in [0.4, 0.5) is 5.69 Å². The summed E-state index contributed by atoms with van der Waals surface area (Å²) < 4.78 is 0. The largest absolute Gasteiger partial charge is 0.355 e. The zero-order valence-corrected chi connectivity index (χ0v) is 9.62. The molecule has 0 aromatic heterocycles. The first kappa shape index (κ1) is 11.6. The molecule has 0 bridgehead atoms. The summed E-state index contributed by atoms with van der Waals surface area (Å²) in [5.41, 5.74) is 6.16. The Balaban J connectivity index is 2.11. The summed E-state index contributed by atoms with van der Waals surface area (Å²) in [6.07, 6.45) is 1.43. The zero-order chi connectivity index (χ0) is 12.5. The topological polar surface area (TPSA) is 84.2 Å². The molecule has 0 heterocycles. The SMILES string of the molecule is CNC(=O)c1cccc(NC(=O)C2(N)CC2)c1. The average molecular weight is 233 g/mol. The van der Waals surface area contributed by atoms with Crippen molar-refractivity contribution < 1.29 is 9.59 Å². The highest BCUT2D eigenvalue weighted by molar-refractivity contribution is 6.01. The monoisotopic (exact) mass is 233 g/mol. The van der Waals surface area contributed by atoms with E-state index in [1.165, 1.54) is 0 Å². The van der Waals surface area contributed by atoms with Gasteiger partial charge >= 0.3 is 0 Å². The summed E-state index contributed by atoms with van der Waals surface area (Å²) in [5.74, 6) is -0.374. The van der Waals surface area contributed by atoms with Crippen LogP contribution in [-0.2, 0) is 4.79 Å². The third kappa shape index (κ3) is 2.45. The van der Waals surface area contributed by atoms with Crippen molar-refractivity contribution in [2.75, 3.05) is 12.4 Å². The lowest BCUT2D eigenvalue weighted by molar-refractivity contribution is -0.118. The van der Waals surface area contributed by atoms with Gasteiger partial charge in [0.25, 0.3) is 5.91 Å². The van der Waals surface area contributed by atoms with Gasteiger partial charge in [-0.3, -0.25) is 9.59 Å². The molecule has 5 nitrogen and oxygen atoms in total. The molecule has 1 aromatic carbocycles. The van der Waals surface area contributed by atoms with Gasteiger partial charge in [-0.1, -0.05) is 6.07 Å². The lowest BCUT2D eigenvalue weighted by Gasteiger charge is -2.10. The van der Waals surface area contributed by atoms with E-state index in [-0.39, 0.29) is 11.8 Å². The molecule has 0 saturated heterocycles. The van der Waals surface area contributed by atoms with E-state index < -0.39 is 5.54 Å². The van der Waals surface area contributed by atoms with Crippen molar-refractivity contribution >= 4 is 17.5 Å². The second-order valence-electron chi connectivity index (χ2n) is 4.27. The van der Waals surface area contributed by atoms with Gasteiger partial charge < -0.3 is 16.4 Å². The summed E-state index contributed by atoms with van der Waals surface area (Å²) in [4.78, 5) is 23.1. The second kappa shape index (κ2) is 4.18. The number of hydrogen-bond donors (Lipinski definition) is 3. The highest BCUT2D eigenvalue weighted by Gasteiger charge is 2.45. The number of hydrogen-bond acceptors (Lipinski definition) is 3. The zero-order valence-electron chi connectivity index (χ0n) is 9.62. The van der Waals surface area contributed by atoms with Gasteiger partial charge in [-0.05, 0) is 31.0 Å². The van der Waals surface area contributed by atoms with Crippen LogP contribution in [0.1, 0.15) is 23.2 Å². The number of anilines is 1. The molecule has 0 radical (unpaired) electrons. The van der Waals surface area contributed by atoms with Gasteiger partial charge in [-0.25, -0.2) is 0 Å². The molecule has 0 unspecified atom stereocenters. The quantitative estimate of drug-likeness (QED) is 0.709. The third-order valence-electron chi connectivity index (χ3n) is 2.85. The van der Waals surface area contributed by atoms with Crippen LogP contribution in [0.25, 0.3) is 0 Å². The molecule has 1 fully saturated rings. The number of carbonyl (C=O) groups excluding carboxylic acids is 2. The van der Waals surface area contributed by atoms with Crippen LogP contribution >= 0.6 is 0 Å². The molecule has 0 aliphatic heterocycles. The summed E-state index contributed by atoms with van der Waals surface area (Å²) in [6, 6.07) is 6.76. The molecule has 90 valence electrons. The first-order chi connectivity index (χ1) is 8.05. The molecular weight excluding hydrogens is 218 g/mol. The molecule has 1 aliphatic rings. The van der Waals surface area contributed by atoms with Crippen LogP contribution < -0.4 is 16.4 Å². The number of nitrogens with two attached hydrogens (primary N) is 1. The van der Waals surface area contributed by atoms with Crippen molar-refractivity contribution in [1.82, 2.24) is 5.32 Å². The molecule has 4 N–H and O–H groups in total. The minimum absolute atomic E-state index is 0.185. The number of rotatable bonds is 3. The smallest absolute Gasteiger partial charge is 0.251 e. The Labute approximate surface area is 99.4 Å². The van der Waals surface area contributed by atoms with E-state index in [9.17, 15) is 9.59 Å². The van der Waals surface area contributed by atoms with Gasteiger partial charge in [0.05, 0.1) is 5.54 Å². The molecular formula is C12H15N3O2. The molecule has 1 aromatic rings. The average Bonchev–Trinajstić information content (AvgIpc) is 3.08. The Bertz CT molecular complexity index is 467. The van der Waals surface area contributed by atoms with Crippen LogP contribution in [-0.4, -0.2) is 24.4 Å². The van der Waals surface area contributed by atoms with Crippen LogP contribution in [0.5, 0.6) is 0 Å². The first-order valence-electron chi connectivity index (χ1n) is 5.48. The normalized spacial score (nSPS) is 16.1.